The first-order chi connectivity index (χ1) is 9.20. The van der Waals surface area contributed by atoms with E-state index < -0.39 is 7.12 Å². The number of hydrogen-bond acceptors (Lipinski definition) is 4. The first-order valence-electron chi connectivity index (χ1n) is 5.82. The minimum atomic E-state index is -0.939. The maximum absolute atomic E-state index is 10.0. The normalized spacial score (nSPS) is 17.4. The molecule has 0 spiro atoms. The summed E-state index contributed by atoms with van der Waals surface area (Å²) in [7, 11) is 0.668. The van der Waals surface area contributed by atoms with Crippen LogP contribution in [-0.4, -0.2) is 24.2 Å². The number of nitrogens with zero attached hydrogens (tertiary/aromatic N) is 1. The van der Waals surface area contributed by atoms with E-state index in [9.17, 15) is 5.02 Å². The molecule has 0 amide bonds. The van der Waals surface area contributed by atoms with Crippen LogP contribution in [0, 0.1) is 3.57 Å². The van der Waals surface area contributed by atoms with Gasteiger partial charge in [0, 0.05) is 9.77 Å². The average Bonchev–Trinajstić information content (AvgIpc) is 2.78. The van der Waals surface area contributed by atoms with E-state index in [1.54, 1.807) is 13.3 Å². The van der Waals surface area contributed by atoms with Gasteiger partial charge in [-0.3, -0.25) is 4.98 Å². The fourth-order valence-electron chi connectivity index (χ4n) is 2.23. The van der Waals surface area contributed by atoms with E-state index in [2.05, 4.69) is 27.6 Å². The fourth-order valence-corrected chi connectivity index (χ4v) is 3.13. The van der Waals surface area contributed by atoms with Crippen molar-refractivity contribution >= 4 is 35.2 Å². The number of ether oxygens (including phenoxy) is 1. The molecule has 1 unspecified atom stereocenters. The van der Waals surface area contributed by atoms with E-state index in [0.717, 1.165) is 20.3 Å². The van der Waals surface area contributed by atoms with Crippen LogP contribution in [0.25, 0.3) is 0 Å². The maximum Gasteiger partial charge on any atom is 0.492 e. The molecule has 0 saturated heterocycles. The van der Waals surface area contributed by atoms with Crippen LogP contribution in [0.3, 0.4) is 0 Å². The van der Waals surface area contributed by atoms with Gasteiger partial charge >= 0.3 is 7.12 Å². The molecule has 0 saturated carbocycles. The summed E-state index contributed by atoms with van der Waals surface area (Å²) in [5.41, 5.74) is 2.51. The number of fused-ring (bicyclic) bond motifs is 1. The van der Waals surface area contributed by atoms with Gasteiger partial charge < -0.3 is 14.4 Å². The molecule has 3 rings (SSSR count). The second kappa shape index (κ2) is 5.11. The first-order valence-corrected chi connectivity index (χ1v) is 6.90. The highest BCUT2D eigenvalue weighted by Crippen LogP contribution is 2.34. The van der Waals surface area contributed by atoms with Crippen molar-refractivity contribution in [2.24, 2.45) is 0 Å². The van der Waals surface area contributed by atoms with Crippen molar-refractivity contribution in [1.29, 1.82) is 0 Å². The van der Waals surface area contributed by atoms with Crippen molar-refractivity contribution in [3.63, 3.8) is 0 Å². The third-order valence-corrected chi connectivity index (χ3v) is 4.01. The largest absolute Gasteiger partial charge is 0.497 e. The van der Waals surface area contributed by atoms with Crippen LogP contribution in [0.5, 0.6) is 5.75 Å². The van der Waals surface area contributed by atoms with Gasteiger partial charge in [-0.2, -0.15) is 0 Å². The molecule has 1 aliphatic heterocycles. The lowest BCUT2D eigenvalue weighted by atomic mass is 9.79. The summed E-state index contributed by atoms with van der Waals surface area (Å²) >= 11 is 2.23. The van der Waals surface area contributed by atoms with Crippen LogP contribution < -0.4 is 10.2 Å². The van der Waals surface area contributed by atoms with Crippen molar-refractivity contribution < 1.29 is 14.4 Å². The molecule has 0 bridgehead atoms. The molecule has 0 aliphatic carbocycles. The number of halogens is 1. The van der Waals surface area contributed by atoms with E-state index in [1.807, 2.05) is 30.3 Å². The molecule has 0 radical (unpaired) electrons. The third-order valence-electron chi connectivity index (χ3n) is 3.12. The van der Waals surface area contributed by atoms with Crippen molar-refractivity contribution in [2.45, 2.75) is 6.10 Å². The van der Waals surface area contributed by atoms with Gasteiger partial charge in [-0.05, 0) is 57.9 Å². The van der Waals surface area contributed by atoms with Crippen LogP contribution >= 0.6 is 22.6 Å². The Balaban J connectivity index is 2.12. The fraction of sp³-hybridized carbons (Fsp3) is 0.154. The summed E-state index contributed by atoms with van der Waals surface area (Å²) in [4.78, 5) is 4.31. The van der Waals surface area contributed by atoms with Gasteiger partial charge in [0.1, 0.15) is 11.9 Å². The van der Waals surface area contributed by atoms with Gasteiger partial charge in [-0.1, -0.05) is 6.07 Å². The summed E-state index contributed by atoms with van der Waals surface area (Å²) < 4.78 is 11.9. The Hall–Kier alpha value is -1.12. The number of pyridine rings is 1. The van der Waals surface area contributed by atoms with E-state index in [1.165, 1.54) is 0 Å². The van der Waals surface area contributed by atoms with Crippen molar-refractivity contribution in [2.75, 3.05) is 7.11 Å². The second-order valence-electron chi connectivity index (χ2n) is 4.24. The zero-order chi connectivity index (χ0) is 13.4. The molecular formula is C13H11BINO3. The molecule has 1 atom stereocenters. The molecule has 2 heterocycles. The summed E-state index contributed by atoms with van der Waals surface area (Å²) in [6.07, 6.45) is 1.39. The highest BCUT2D eigenvalue weighted by Gasteiger charge is 2.38. The maximum atomic E-state index is 10.0. The van der Waals surface area contributed by atoms with E-state index in [-0.39, 0.29) is 6.10 Å². The molecule has 19 heavy (non-hydrogen) atoms. The molecule has 96 valence electrons. The summed E-state index contributed by atoms with van der Waals surface area (Å²) in [6, 6.07) is 9.40. The van der Waals surface area contributed by atoms with Crippen molar-refractivity contribution in [1.82, 2.24) is 4.98 Å². The Morgan fingerprint density at radius 3 is 2.95 bits per heavy atom. The van der Waals surface area contributed by atoms with E-state index in [4.69, 9.17) is 9.39 Å². The van der Waals surface area contributed by atoms with Crippen molar-refractivity contribution in [3.05, 3.63) is 51.4 Å². The lowest BCUT2D eigenvalue weighted by Crippen LogP contribution is -2.28. The molecule has 4 nitrogen and oxygen atoms in total. The Morgan fingerprint density at radius 1 is 1.42 bits per heavy atom. The lowest BCUT2D eigenvalue weighted by Gasteiger charge is -2.13. The Labute approximate surface area is 125 Å². The van der Waals surface area contributed by atoms with Crippen LogP contribution in [0.2, 0.25) is 0 Å². The SMILES string of the molecule is COc1cc(I)c2c(c1)B(O)OC2c1ccccn1. The Morgan fingerprint density at radius 2 is 2.26 bits per heavy atom. The topological polar surface area (TPSA) is 51.6 Å². The summed E-state index contributed by atoms with van der Waals surface area (Å²) in [6.45, 7) is 0. The van der Waals surface area contributed by atoms with E-state index in [0.29, 0.717) is 5.75 Å². The zero-order valence-electron chi connectivity index (χ0n) is 10.2. The molecule has 1 aliphatic rings. The number of rotatable bonds is 2. The summed E-state index contributed by atoms with van der Waals surface area (Å²) in [5, 5.41) is 10.0. The monoisotopic (exact) mass is 367 g/mol. The lowest BCUT2D eigenvalue weighted by molar-refractivity contribution is 0.222. The quantitative estimate of drug-likeness (QED) is 0.646. The minimum absolute atomic E-state index is 0.330. The van der Waals surface area contributed by atoms with Gasteiger partial charge in [0.15, 0.2) is 0 Å². The first kappa shape index (κ1) is 12.9. The van der Waals surface area contributed by atoms with Gasteiger partial charge in [-0.15, -0.1) is 0 Å². The van der Waals surface area contributed by atoms with Gasteiger partial charge in [-0.25, -0.2) is 0 Å². The predicted octanol–water partition coefficient (Wildman–Crippen LogP) is 1.50. The molecule has 1 aromatic heterocycles. The molecule has 6 heteroatoms. The molecule has 0 fully saturated rings. The number of methoxy groups -OCH3 is 1. The average molecular weight is 367 g/mol. The summed E-state index contributed by atoms with van der Waals surface area (Å²) in [5.74, 6) is 0.715. The molecular weight excluding hydrogens is 356 g/mol. The zero-order valence-corrected chi connectivity index (χ0v) is 12.4. The smallest absolute Gasteiger partial charge is 0.492 e. The Bertz CT molecular complexity index is 608. The number of aromatic nitrogens is 1. The Kier molecular flexibility index (Phi) is 3.47. The molecule has 1 N–H and O–H groups in total. The number of hydrogen-bond donors (Lipinski definition) is 1. The second-order valence-corrected chi connectivity index (χ2v) is 5.40. The van der Waals surface area contributed by atoms with Crippen LogP contribution in [0.1, 0.15) is 17.4 Å². The highest BCUT2D eigenvalue weighted by atomic mass is 127. The van der Waals surface area contributed by atoms with Crippen LogP contribution in [0.15, 0.2) is 36.5 Å². The van der Waals surface area contributed by atoms with Gasteiger partial charge in [0.2, 0.25) is 0 Å². The number of benzene rings is 1. The third kappa shape index (κ3) is 2.24. The molecule has 2 aromatic rings. The van der Waals surface area contributed by atoms with Gasteiger partial charge in [0.25, 0.3) is 0 Å². The minimum Gasteiger partial charge on any atom is -0.497 e. The highest BCUT2D eigenvalue weighted by molar-refractivity contribution is 14.1. The van der Waals surface area contributed by atoms with Crippen LogP contribution in [-0.2, 0) is 4.65 Å². The van der Waals surface area contributed by atoms with Gasteiger partial charge in [0.05, 0.1) is 12.8 Å². The van der Waals surface area contributed by atoms with Crippen molar-refractivity contribution in [3.8, 4) is 5.75 Å². The molecule has 1 aromatic carbocycles. The predicted molar refractivity (Wildman–Crippen MR) is 80.5 cm³/mol. The van der Waals surface area contributed by atoms with E-state index >= 15 is 0 Å². The van der Waals surface area contributed by atoms with Crippen LogP contribution in [0.4, 0.5) is 0 Å². The standard InChI is InChI=1S/C13H11BINO3/c1-18-8-6-9-12(10(15)7-8)13(19-14(9)17)11-4-2-3-5-16-11/h2-7,13,17H,1H3.